The van der Waals surface area contributed by atoms with E-state index < -0.39 is 5.41 Å². The van der Waals surface area contributed by atoms with Crippen LogP contribution in [0.15, 0.2) is 200 Å². The summed E-state index contributed by atoms with van der Waals surface area (Å²) in [6.07, 6.45) is 0. The van der Waals surface area contributed by atoms with Crippen LogP contribution in [0.5, 0.6) is 23.0 Å². The summed E-state index contributed by atoms with van der Waals surface area (Å²) in [7, 11) is 0. The van der Waals surface area contributed by atoms with Crippen molar-refractivity contribution in [2.24, 2.45) is 0 Å². The van der Waals surface area contributed by atoms with Gasteiger partial charge in [0, 0.05) is 42.6 Å². The molecule has 0 saturated carbocycles. The van der Waals surface area contributed by atoms with Gasteiger partial charge in [0.15, 0.2) is 23.0 Å². The molecule has 0 amide bonds. The Morgan fingerprint density at radius 3 is 1.73 bits per heavy atom. The second-order valence-electron chi connectivity index (χ2n) is 15.5. The first kappa shape index (κ1) is 32.7. The lowest BCUT2D eigenvalue weighted by molar-refractivity contribution is 0.361. The molecule has 0 atom stereocenters. The number of thiophene rings is 1. The van der Waals surface area contributed by atoms with E-state index >= 15 is 0 Å². The molecule has 276 valence electrons. The fraction of sp³-hybridized carbons (Fsp3) is 0.0182. The molecule has 2 heterocycles. The first-order chi connectivity index (χ1) is 29.3. The number of ether oxygens (including phenoxy) is 2. The molecule has 10 aromatic rings. The molecule has 2 aliphatic carbocycles. The van der Waals surface area contributed by atoms with Crippen molar-refractivity contribution in [3.8, 4) is 56.4 Å². The Hall–Kier alpha value is -7.40. The molecule has 0 bridgehead atoms. The Morgan fingerprint density at radius 1 is 0.373 bits per heavy atom. The highest BCUT2D eigenvalue weighted by Gasteiger charge is 2.53. The SMILES string of the molecule is c1ccc(N(c2ccccc2-c2cccc3c2sc2ccccc23)c2cccc3c2Oc2ccc4c(c2O3)-c2ccccc2C42c3ccccc3-c3ccccc32)cc1. The normalized spacial score (nSPS) is 13.5. The van der Waals surface area contributed by atoms with Crippen molar-refractivity contribution in [1.29, 1.82) is 0 Å². The second-order valence-corrected chi connectivity index (χ2v) is 16.5. The Morgan fingerprint density at radius 2 is 0.932 bits per heavy atom. The van der Waals surface area contributed by atoms with Crippen LogP contribution in [0.4, 0.5) is 17.1 Å². The van der Waals surface area contributed by atoms with Gasteiger partial charge in [-0.1, -0.05) is 158 Å². The number of anilines is 3. The average molecular weight is 772 g/mol. The Kier molecular flexibility index (Phi) is 6.81. The van der Waals surface area contributed by atoms with Crippen LogP contribution in [-0.4, -0.2) is 0 Å². The molecule has 0 radical (unpaired) electrons. The molecule has 0 unspecified atom stereocenters. The van der Waals surface area contributed by atoms with Crippen LogP contribution < -0.4 is 14.4 Å². The van der Waals surface area contributed by atoms with E-state index in [4.69, 9.17) is 9.47 Å². The molecule has 3 nitrogen and oxygen atoms in total. The van der Waals surface area contributed by atoms with Gasteiger partial charge >= 0.3 is 0 Å². The van der Waals surface area contributed by atoms with E-state index in [0.717, 1.165) is 33.9 Å². The molecule has 3 aliphatic rings. The van der Waals surface area contributed by atoms with Crippen molar-refractivity contribution in [3.63, 3.8) is 0 Å². The number of hydrogen-bond acceptors (Lipinski definition) is 4. The topological polar surface area (TPSA) is 21.7 Å². The zero-order valence-corrected chi connectivity index (χ0v) is 32.5. The van der Waals surface area contributed by atoms with Crippen LogP contribution in [0.1, 0.15) is 22.3 Å². The van der Waals surface area contributed by atoms with Gasteiger partial charge in [-0.3, -0.25) is 0 Å². The molecule has 0 N–H and O–H groups in total. The second kappa shape index (κ2) is 12.3. The maximum absolute atomic E-state index is 7.17. The maximum Gasteiger partial charge on any atom is 0.194 e. The fourth-order valence-corrected chi connectivity index (χ4v) is 11.5. The summed E-state index contributed by atoms with van der Waals surface area (Å²) in [5.74, 6) is 2.81. The van der Waals surface area contributed by atoms with Gasteiger partial charge < -0.3 is 14.4 Å². The predicted octanol–water partition coefficient (Wildman–Crippen LogP) is 15.4. The van der Waals surface area contributed by atoms with Gasteiger partial charge in [-0.05, 0) is 81.4 Å². The molecule has 1 spiro atoms. The van der Waals surface area contributed by atoms with Crippen LogP contribution in [0.2, 0.25) is 0 Å². The summed E-state index contributed by atoms with van der Waals surface area (Å²) < 4.78 is 16.9. The van der Waals surface area contributed by atoms with Crippen molar-refractivity contribution in [3.05, 3.63) is 222 Å². The quantitative estimate of drug-likeness (QED) is 0.178. The number of para-hydroxylation sites is 3. The monoisotopic (exact) mass is 771 g/mol. The lowest BCUT2D eigenvalue weighted by Gasteiger charge is -2.33. The van der Waals surface area contributed by atoms with Crippen LogP contribution in [0.3, 0.4) is 0 Å². The van der Waals surface area contributed by atoms with E-state index in [1.165, 1.54) is 64.7 Å². The molecular formula is C55H33NO2S. The van der Waals surface area contributed by atoms with Gasteiger partial charge in [0.05, 0.1) is 16.8 Å². The van der Waals surface area contributed by atoms with E-state index in [-0.39, 0.29) is 0 Å². The highest BCUT2D eigenvalue weighted by atomic mass is 32.1. The van der Waals surface area contributed by atoms with Crippen LogP contribution in [0.25, 0.3) is 53.6 Å². The number of fused-ring (bicyclic) bond motifs is 16. The Labute approximate surface area is 345 Å². The number of hydrogen-bond donors (Lipinski definition) is 0. The summed E-state index contributed by atoms with van der Waals surface area (Å²) in [6, 6.07) is 71.9. The van der Waals surface area contributed by atoms with Gasteiger partial charge in [0.25, 0.3) is 0 Å². The van der Waals surface area contributed by atoms with Crippen molar-refractivity contribution < 1.29 is 9.47 Å². The molecule has 59 heavy (non-hydrogen) atoms. The lowest BCUT2D eigenvalue weighted by atomic mass is 9.70. The van der Waals surface area contributed by atoms with Crippen LogP contribution in [0, 0.1) is 0 Å². The van der Waals surface area contributed by atoms with Crippen LogP contribution in [-0.2, 0) is 5.41 Å². The number of nitrogens with zero attached hydrogens (tertiary/aromatic N) is 1. The molecular weight excluding hydrogens is 739 g/mol. The molecule has 13 rings (SSSR count). The minimum Gasteiger partial charge on any atom is -0.449 e. The number of rotatable bonds is 4. The summed E-state index contributed by atoms with van der Waals surface area (Å²) in [6.45, 7) is 0. The molecule has 1 aliphatic heterocycles. The minimum atomic E-state index is -0.468. The van der Waals surface area contributed by atoms with E-state index in [1.807, 2.05) is 17.4 Å². The summed E-state index contributed by atoms with van der Waals surface area (Å²) >= 11 is 1.85. The molecule has 0 saturated heterocycles. The highest BCUT2D eigenvalue weighted by Crippen LogP contribution is 2.67. The molecule has 1 aromatic heterocycles. The third-order valence-corrected chi connectivity index (χ3v) is 13.8. The van der Waals surface area contributed by atoms with Gasteiger partial charge in [-0.25, -0.2) is 0 Å². The van der Waals surface area contributed by atoms with Gasteiger partial charge in [-0.2, -0.15) is 0 Å². The Bertz CT molecular complexity index is 3320. The lowest BCUT2D eigenvalue weighted by Crippen LogP contribution is -2.25. The first-order valence-electron chi connectivity index (χ1n) is 20.1. The van der Waals surface area contributed by atoms with Crippen molar-refractivity contribution >= 4 is 48.6 Å². The molecule has 9 aromatic carbocycles. The van der Waals surface area contributed by atoms with E-state index in [9.17, 15) is 0 Å². The average Bonchev–Trinajstić information content (AvgIpc) is 3.94. The standard InChI is InChI=1S/C55H33NO2S/c1-2-16-34(17-3-1)56(46-28-12-7-20-37(46)39-23-14-24-40-38-21-8-13-31-50(38)59-54(39)40)47-29-15-30-48-52(47)57-49-33-32-45-51(53(49)58-48)41-22-6-11-27-44(41)55(45)42-25-9-4-18-35(42)36-19-5-10-26-43(36)55/h1-33H. The van der Waals surface area contributed by atoms with Gasteiger partial charge in [0.1, 0.15) is 0 Å². The fourth-order valence-electron chi connectivity index (χ4n) is 10.2. The Balaban J connectivity index is 0.998. The summed E-state index contributed by atoms with van der Waals surface area (Å²) in [5.41, 5.74) is 14.7. The van der Waals surface area contributed by atoms with Crippen molar-refractivity contribution in [1.82, 2.24) is 0 Å². The summed E-state index contributed by atoms with van der Waals surface area (Å²) in [5, 5.41) is 2.56. The molecule has 4 heteroatoms. The third-order valence-electron chi connectivity index (χ3n) is 12.6. The highest BCUT2D eigenvalue weighted by molar-refractivity contribution is 7.26. The largest absolute Gasteiger partial charge is 0.449 e. The van der Waals surface area contributed by atoms with E-state index in [0.29, 0.717) is 17.2 Å². The smallest absolute Gasteiger partial charge is 0.194 e. The zero-order valence-electron chi connectivity index (χ0n) is 31.7. The third kappa shape index (κ3) is 4.41. The zero-order chi connectivity index (χ0) is 38.7. The van der Waals surface area contributed by atoms with Crippen LogP contribution >= 0.6 is 11.3 Å². The minimum absolute atomic E-state index is 0.468. The maximum atomic E-state index is 7.17. The number of benzene rings is 9. The predicted molar refractivity (Wildman–Crippen MR) is 242 cm³/mol. The van der Waals surface area contributed by atoms with E-state index in [2.05, 4.69) is 199 Å². The molecule has 0 fully saturated rings. The summed E-state index contributed by atoms with van der Waals surface area (Å²) in [4.78, 5) is 2.32. The van der Waals surface area contributed by atoms with Crippen molar-refractivity contribution in [2.45, 2.75) is 5.41 Å². The first-order valence-corrected chi connectivity index (χ1v) is 20.9. The van der Waals surface area contributed by atoms with Gasteiger partial charge in [0.2, 0.25) is 0 Å². The van der Waals surface area contributed by atoms with E-state index in [1.54, 1.807) is 0 Å². The van der Waals surface area contributed by atoms with Gasteiger partial charge in [-0.15, -0.1) is 11.3 Å². The van der Waals surface area contributed by atoms with Crippen molar-refractivity contribution in [2.75, 3.05) is 4.90 Å².